The van der Waals surface area contributed by atoms with E-state index in [-0.39, 0.29) is 58.2 Å². The molecule has 0 radical (unpaired) electrons. The van der Waals surface area contributed by atoms with E-state index in [2.05, 4.69) is 6.08 Å². The second kappa shape index (κ2) is 5.81. The van der Waals surface area contributed by atoms with Crippen LogP contribution in [-0.2, 0) is 4.79 Å². The van der Waals surface area contributed by atoms with Gasteiger partial charge in [0.15, 0.2) is 0 Å². The Morgan fingerprint density at radius 1 is 1.20 bits per heavy atom. The Labute approximate surface area is 111 Å². The van der Waals surface area contributed by atoms with Gasteiger partial charge < -0.3 is 6.08 Å². The number of carbonyl (C=O) groups excluding carboxylic acids is 1. The summed E-state index contributed by atoms with van der Waals surface area (Å²) in [4.78, 5) is 10.7. The van der Waals surface area contributed by atoms with E-state index in [4.69, 9.17) is 0 Å². The maximum absolute atomic E-state index is 10.7. The molecule has 0 unspecified atom stereocenters. The summed E-state index contributed by atoms with van der Waals surface area (Å²) in [5.74, 6) is 0.411. The second-order valence-corrected chi connectivity index (χ2v) is 2.39. The van der Waals surface area contributed by atoms with Crippen molar-refractivity contribution in [2.45, 2.75) is 32.6 Å². The molecule has 1 fully saturated rings. The van der Waals surface area contributed by atoms with Crippen molar-refractivity contribution in [2.75, 3.05) is 0 Å². The molecule has 0 aliphatic heterocycles. The summed E-state index contributed by atoms with van der Waals surface area (Å²) in [5.41, 5.74) is 1.33. The molecule has 50 valence electrons. The average molecular weight is 209 g/mol. The first-order valence-electron chi connectivity index (χ1n) is 3.37. The standard InChI is InChI=1S/C8H11O.Rb/c1-2-7-3-5-8(9)6-4-7;/h3-6H2,1H3;/q-1;+1. The van der Waals surface area contributed by atoms with E-state index >= 15 is 0 Å². The first-order chi connectivity index (χ1) is 4.33. The van der Waals surface area contributed by atoms with E-state index in [1.54, 1.807) is 0 Å². The number of rotatable bonds is 0. The van der Waals surface area contributed by atoms with Gasteiger partial charge in [-0.3, -0.25) is 10.4 Å². The number of ketones is 1. The van der Waals surface area contributed by atoms with E-state index < -0.39 is 0 Å². The van der Waals surface area contributed by atoms with Crippen molar-refractivity contribution in [3.05, 3.63) is 11.6 Å². The van der Waals surface area contributed by atoms with Gasteiger partial charge in [0.2, 0.25) is 0 Å². The van der Waals surface area contributed by atoms with Crippen LogP contribution in [0.15, 0.2) is 5.57 Å². The van der Waals surface area contributed by atoms with Crippen LogP contribution in [0.4, 0.5) is 0 Å². The van der Waals surface area contributed by atoms with Crippen LogP contribution < -0.4 is 58.2 Å². The van der Waals surface area contributed by atoms with Crippen LogP contribution in [0.3, 0.4) is 0 Å². The van der Waals surface area contributed by atoms with E-state index in [0.717, 1.165) is 25.7 Å². The summed E-state index contributed by atoms with van der Waals surface area (Å²) in [7, 11) is 0. The Kier molecular flexibility index (Phi) is 6.52. The third-order valence-electron chi connectivity index (χ3n) is 1.76. The molecular weight excluding hydrogens is 198 g/mol. The van der Waals surface area contributed by atoms with Crippen LogP contribution in [0.25, 0.3) is 0 Å². The van der Waals surface area contributed by atoms with E-state index in [0.29, 0.717) is 5.78 Å². The summed E-state index contributed by atoms with van der Waals surface area (Å²) < 4.78 is 0. The topological polar surface area (TPSA) is 17.1 Å². The quantitative estimate of drug-likeness (QED) is 0.461. The molecule has 1 nitrogen and oxygen atoms in total. The van der Waals surface area contributed by atoms with Gasteiger partial charge in [0, 0.05) is 12.8 Å². The molecule has 1 saturated carbocycles. The second-order valence-electron chi connectivity index (χ2n) is 2.39. The van der Waals surface area contributed by atoms with Crippen LogP contribution >= 0.6 is 0 Å². The van der Waals surface area contributed by atoms with Crippen molar-refractivity contribution in [1.29, 1.82) is 0 Å². The third kappa shape index (κ3) is 3.56. The summed E-state index contributed by atoms with van der Waals surface area (Å²) in [6, 6.07) is 0. The zero-order valence-corrected chi connectivity index (χ0v) is 11.7. The van der Waals surface area contributed by atoms with Gasteiger partial charge in [-0.1, -0.05) is 12.8 Å². The van der Waals surface area contributed by atoms with Gasteiger partial charge in [0.05, 0.1) is 0 Å². The molecule has 0 saturated heterocycles. The van der Waals surface area contributed by atoms with Crippen molar-refractivity contribution in [1.82, 2.24) is 0 Å². The molecule has 0 aromatic rings. The summed E-state index contributed by atoms with van der Waals surface area (Å²) in [6.07, 6.45) is 6.49. The summed E-state index contributed by atoms with van der Waals surface area (Å²) in [6.45, 7) is 1.92. The number of hydrogen-bond acceptors (Lipinski definition) is 1. The molecule has 1 rings (SSSR count). The fourth-order valence-electron chi connectivity index (χ4n) is 1.08. The number of carbonyl (C=O) groups is 1. The monoisotopic (exact) mass is 208 g/mol. The van der Waals surface area contributed by atoms with Crippen LogP contribution in [0.5, 0.6) is 0 Å². The first kappa shape index (κ1) is 11.2. The fourth-order valence-corrected chi connectivity index (χ4v) is 1.08. The van der Waals surface area contributed by atoms with Crippen molar-refractivity contribution >= 4 is 5.78 Å². The van der Waals surface area contributed by atoms with Crippen molar-refractivity contribution in [3.63, 3.8) is 0 Å². The molecule has 1 aliphatic carbocycles. The largest absolute Gasteiger partial charge is 1.00 e. The third-order valence-corrected chi connectivity index (χ3v) is 1.76. The van der Waals surface area contributed by atoms with Gasteiger partial charge in [0.25, 0.3) is 0 Å². The minimum absolute atomic E-state index is 0. The van der Waals surface area contributed by atoms with Gasteiger partial charge in [-0.15, -0.1) is 0 Å². The average Bonchev–Trinajstić information content (AvgIpc) is 1.90. The Hall–Kier alpha value is 1.22. The minimum atomic E-state index is 0. The molecule has 0 heterocycles. The molecule has 0 aromatic heterocycles. The summed E-state index contributed by atoms with van der Waals surface area (Å²) >= 11 is 0. The molecule has 0 atom stereocenters. The number of hydrogen-bond donors (Lipinski definition) is 0. The molecule has 0 bridgehead atoms. The predicted molar refractivity (Wildman–Crippen MR) is 35.9 cm³/mol. The smallest absolute Gasteiger partial charge is 0.500 e. The maximum Gasteiger partial charge on any atom is 1.00 e. The first-order valence-corrected chi connectivity index (χ1v) is 3.37. The van der Waals surface area contributed by atoms with E-state index in [1.165, 1.54) is 5.57 Å². The molecule has 1 aliphatic rings. The minimum Gasteiger partial charge on any atom is -0.500 e. The molecule has 0 aromatic carbocycles. The van der Waals surface area contributed by atoms with Gasteiger partial charge in [-0.25, -0.2) is 0 Å². The molecule has 0 amide bonds. The van der Waals surface area contributed by atoms with Crippen LogP contribution in [-0.4, -0.2) is 5.78 Å². The van der Waals surface area contributed by atoms with Crippen LogP contribution in [0, 0.1) is 6.08 Å². The zero-order chi connectivity index (χ0) is 6.69. The molecule has 0 N–H and O–H groups in total. The maximum atomic E-state index is 10.7. The van der Waals surface area contributed by atoms with Crippen molar-refractivity contribution < 1.29 is 63.0 Å². The normalized spacial score (nSPS) is 18.1. The Bertz CT molecular complexity index is 137. The van der Waals surface area contributed by atoms with Crippen molar-refractivity contribution in [3.8, 4) is 0 Å². The Balaban J connectivity index is 0.000000810. The van der Waals surface area contributed by atoms with Gasteiger partial charge in [-0.05, 0) is 0 Å². The molecule has 0 spiro atoms. The number of allylic oxidation sites excluding steroid dienone is 2. The van der Waals surface area contributed by atoms with E-state index in [9.17, 15) is 4.79 Å². The molecule has 2 heteroatoms. The van der Waals surface area contributed by atoms with Crippen molar-refractivity contribution in [2.24, 2.45) is 0 Å². The SMILES string of the molecule is C[C-]=C1CCC(=O)CC1.[Rb+]. The Morgan fingerprint density at radius 2 is 1.70 bits per heavy atom. The summed E-state index contributed by atoms with van der Waals surface area (Å²) in [5, 5.41) is 0. The van der Waals surface area contributed by atoms with Crippen LogP contribution in [0.1, 0.15) is 32.6 Å². The van der Waals surface area contributed by atoms with Crippen LogP contribution in [0.2, 0.25) is 0 Å². The van der Waals surface area contributed by atoms with Gasteiger partial charge in [-0.2, -0.15) is 6.92 Å². The van der Waals surface area contributed by atoms with Gasteiger partial charge in [0.1, 0.15) is 5.78 Å². The predicted octanol–water partition coefficient (Wildman–Crippen LogP) is -1.12. The van der Waals surface area contributed by atoms with Gasteiger partial charge >= 0.3 is 58.2 Å². The molecule has 10 heavy (non-hydrogen) atoms. The van der Waals surface area contributed by atoms with E-state index in [1.807, 2.05) is 6.92 Å². The molecular formula is C8H11ORb. The zero-order valence-electron chi connectivity index (χ0n) is 6.74. The Morgan fingerprint density at radius 3 is 2.10 bits per heavy atom. The number of Topliss-reactive ketones (excluding diaryl/α,β-unsaturated/α-hetero) is 1. The fraction of sp³-hybridized carbons (Fsp3) is 0.625.